The second-order valence-corrected chi connectivity index (χ2v) is 4.40. The Morgan fingerprint density at radius 1 is 1.60 bits per heavy atom. The first kappa shape index (κ1) is 12.2. The summed E-state index contributed by atoms with van der Waals surface area (Å²) in [7, 11) is 0. The molecule has 1 aromatic carbocycles. The third-order valence-corrected chi connectivity index (χ3v) is 2.70. The number of nitrogens with one attached hydrogen (secondary N) is 1. The number of hydrogen-bond acceptors (Lipinski definition) is 3. The molecule has 0 aliphatic carbocycles. The topological polar surface area (TPSA) is 55.1 Å². The van der Waals surface area contributed by atoms with Crippen LogP contribution in [0.4, 0.5) is 5.69 Å². The number of anilines is 1. The van der Waals surface area contributed by atoms with Crippen LogP contribution >= 0.6 is 23.4 Å². The van der Waals surface area contributed by atoms with Crippen LogP contribution in [0, 0.1) is 0 Å². The zero-order valence-electron chi connectivity index (χ0n) is 8.42. The number of carbonyl (C=O) groups excluding carboxylic acids is 1. The number of thioether (sulfide) groups is 1. The average Bonchev–Trinajstić information content (AvgIpc) is 2.17. The van der Waals surface area contributed by atoms with Gasteiger partial charge in [0.15, 0.2) is 0 Å². The van der Waals surface area contributed by atoms with Gasteiger partial charge in [-0.3, -0.25) is 4.79 Å². The highest BCUT2D eigenvalue weighted by atomic mass is 35.5. The van der Waals surface area contributed by atoms with E-state index in [1.54, 1.807) is 30.0 Å². The summed E-state index contributed by atoms with van der Waals surface area (Å²) < 4.78 is 0. The molecule has 1 rings (SSSR count). The lowest BCUT2D eigenvalue weighted by molar-refractivity contribution is 0.0957. The third kappa shape index (κ3) is 3.64. The highest BCUT2D eigenvalue weighted by Crippen LogP contribution is 2.17. The van der Waals surface area contributed by atoms with E-state index in [-0.39, 0.29) is 5.91 Å². The molecule has 0 unspecified atom stereocenters. The SMILES string of the molecule is CSCCNC(=O)c1ccc(Cl)cc1N. The van der Waals surface area contributed by atoms with Crippen molar-refractivity contribution in [1.29, 1.82) is 0 Å². The molecular formula is C10H13ClN2OS. The van der Waals surface area contributed by atoms with Crippen LogP contribution in [0.25, 0.3) is 0 Å². The summed E-state index contributed by atoms with van der Waals surface area (Å²) in [6.45, 7) is 0.641. The molecule has 3 N–H and O–H groups in total. The van der Waals surface area contributed by atoms with Crippen molar-refractivity contribution in [2.75, 3.05) is 24.3 Å². The number of carbonyl (C=O) groups is 1. The molecule has 0 bridgehead atoms. The fraction of sp³-hybridized carbons (Fsp3) is 0.300. The van der Waals surface area contributed by atoms with E-state index in [1.165, 1.54) is 0 Å². The van der Waals surface area contributed by atoms with Gasteiger partial charge in [0.05, 0.1) is 5.56 Å². The van der Waals surface area contributed by atoms with E-state index in [2.05, 4.69) is 5.32 Å². The fourth-order valence-electron chi connectivity index (χ4n) is 1.10. The summed E-state index contributed by atoms with van der Waals surface area (Å²) in [6.07, 6.45) is 1.99. The van der Waals surface area contributed by atoms with Crippen LogP contribution in [0.3, 0.4) is 0 Å². The predicted octanol–water partition coefficient (Wildman–Crippen LogP) is 2.02. The molecule has 0 atom stereocenters. The van der Waals surface area contributed by atoms with Gasteiger partial charge in [-0.2, -0.15) is 11.8 Å². The first-order chi connectivity index (χ1) is 7.15. The number of nitrogens with two attached hydrogens (primary N) is 1. The Hall–Kier alpha value is -0.870. The van der Waals surface area contributed by atoms with Crippen molar-refractivity contribution < 1.29 is 4.79 Å². The number of amides is 1. The first-order valence-electron chi connectivity index (χ1n) is 4.47. The van der Waals surface area contributed by atoms with E-state index >= 15 is 0 Å². The van der Waals surface area contributed by atoms with Crippen molar-refractivity contribution in [1.82, 2.24) is 5.32 Å². The molecule has 0 aliphatic rings. The molecule has 0 heterocycles. The van der Waals surface area contributed by atoms with Crippen LogP contribution in [0.15, 0.2) is 18.2 Å². The van der Waals surface area contributed by atoms with Crippen LogP contribution in [0.2, 0.25) is 5.02 Å². The Kier molecular flexibility index (Phi) is 4.78. The van der Waals surface area contributed by atoms with E-state index in [4.69, 9.17) is 17.3 Å². The summed E-state index contributed by atoms with van der Waals surface area (Å²) in [6, 6.07) is 4.86. The molecule has 0 spiro atoms. The Labute approximate surface area is 98.4 Å². The highest BCUT2D eigenvalue weighted by Gasteiger charge is 2.08. The molecule has 0 aromatic heterocycles. The number of hydrogen-bond donors (Lipinski definition) is 2. The molecule has 0 fully saturated rings. The Bertz CT molecular complexity index is 357. The molecule has 82 valence electrons. The molecule has 0 saturated heterocycles. The van der Waals surface area contributed by atoms with Gasteiger partial charge in [0.2, 0.25) is 0 Å². The second-order valence-electron chi connectivity index (χ2n) is 2.98. The lowest BCUT2D eigenvalue weighted by Crippen LogP contribution is -2.26. The fourth-order valence-corrected chi connectivity index (χ4v) is 1.59. The number of benzene rings is 1. The minimum atomic E-state index is -0.154. The number of rotatable bonds is 4. The van der Waals surface area contributed by atoms with E-state index in [0.29, 0.717) is 22.8 Å². The van der Waals surface area contributed by atoms with Crippen molar-refractivity contribution >= 4 is 35.0 Å². The molecule has 1 aromatic rings. The van der Waals surface area contributed by atoms with Crippen molar-refractivity contribution in [3.05, 3.63) is 28.8 Å². The Morgan fingerprint density at radius 2 is 2.33 bits per heavy atom. The predicted molar refractivity (Wildman–Crippen MR) is 66.6 cm³/mol. The largest absolute Gasteiger partial charge is 0.398 e. The maximum atomic E-state index is 11.6. The van der Waals surface area contributed by atoms with Crippen LogP contribution in [-0.2, 0) is 0 Å². The van der Waals surface area contributed by atoms with Gasteiger partial charge in [-0.05, 0) is 24.5 Å². The standard InChI is InChI=1S/C10H13ClN2OS/c1-15-5-4-13-10(14)8-3-2-7(11)6-9(8)12/h2-3,6H,4-5,12H2,1H3,(H,13,14). The summed E-state index contributed by atoms with van der Waals surface area (Å²) in [5.74, 6) is 0.734. The van der Waals surface area contributed by atoms with E-state index in [9.17, 15) is 4.79 Å². The highest BCUT2D eigenvalue weighted by molar-refractivity contribution is 7.98. The monoisotopic (exact) mass is 244 g/mol. The number of halogens is 1. The molecule has 5 heteroatoms. The van der Waals surface area contributed by atoms with Crippen LogP contribution < -0.4 is 11.1 Å². The van der Waals surface area contributed by atoms with Crippen molar-refractivity contribution in [3.63, 3.8) is 0 Å². The zero-order chi connectivity index (χ0) is 11.3. The van der Waals surface area contributed by atoms with Gasteiger partial charge >= 0.3 is 0 Å². The lowest BCUT2D eigenvalue weighted by Gasteiger charge is -2.06. The van der Waals surface area contributed by atoms with E-state index < -0.39 is 0 Å². The molecule has 1 amide bonds. The molecule has 0 radical (unpaired) electrons. The van der Waals surface area contributed by atoms with Crippen LogP contribution in [0.1, 0.15) is 10.4 Å². The maximum Gasteiger partial charge on any atom is 0.253 e. The lowest BCUT2D eigenvalue weighted by atomic mass is 10.1. The van der Waals surface area contributed by atoms with Crippen molar-refractivity contribution in [2.45, 2.75) is 0 Å². The minimum absolute atomic E-state index is 0.154. The summed E-state index contributed by atoms with van der Waals surface area (Å²) in [4.78, 5) is 11.6. The van der Waals surface area contributed by atoms with Crippen molar-refractivity contribution in [3.8, 4) is 0 Å². The van der Waals surface area contributed by atoms with Gasteiger partial charge in [-0.25, -0.2) is 0 Å². The number of nitrogen functional groups attached to an aromatic ring is 1. The Morgan fingerprint density at radius 3 is 2.93 bits per heavy atom. The minimum Gasteiger partial charge on any atom is -0.398 e. The molecule has 0 saturated carbocycles. The maximum absolute atomic E-state index is 11.6. The summed E-state index contributed by atoms with van der Waals surface area (Å²) in [5.41, 5.74) is 6.56. The van der Waals surface area contributed by atoms with Gasteiger partial charge in [0.25, 0.3) is 5.91 Å². The van der Waals surface area contributed by atoms with Crippen molar-refractivity contribution in [2.24, 2.45) is 0 Å². The first-order valence-corrected chi connectivity index (χ1v) is 6.24. The van der Waals surface area contributed by atoms with Gasteiger partial charge in [-0.15, -0.1) is 0 Å². The molecule has 15 heavy (non-hydrogen) atoms. The van der Waals surface area contributed by atoms with Gasteiger partial charge in [-0.1, -0.05) is 11.6 Å². The van der Waals surface area contributed by atoms with E-state index in [0.717, 1.165) is 5.75 Å². The molecule has 0 aliphatic heterocycles. The van der Waals surface area contributed by atoms with Crippen LogP contribution in [-0.4, -0.2) is 24.5 Å². The summed E-state index contributed by atoms with van der Waals surface area (Å²) in [5, 5.41) is 3.31. The van der Waals surface area contributed by atoms with E-state index in [1.807, 2.05) is 6.26 Å². The smallest absolute Gasteiger partial charge is 0.253 e. The van der Waals surface area contributed by atoms with Crippen LogP contribution in [0.5, 0.6) is 0 Å². The zero-order valence-corrected chi connectivity index (χ0v) is 9.99. The molecular weight excluding hydrogens is 232 g/mol. The van der Waals surface area contributed by atoms with Gasteiger partial charge in [0.1, 0.15) is 0 Å². The Balaban J connectivity index is 2.65. The molecule has 3 nitrogen and oxygen atoms in total. The summed E-state index contributed by atoms with van der Waals surface area (Å²) >= 11 is 7.41. The normalized spacial score (nSPS) is 10.0. The van der Waals surface area contributed by atoms with Gasteiger partial charge < -0.3 is 11.1 Å². The second kappa shape index (κ2) is 5.88. The van der Waals surface area contributed by atoms with Gasteiger partial charge in [0, 0.05) is 23.0 Å². The average molecular weight is 245 g/mol. The third-order valence-electron chi connectivity index (χ3n) is 1.85. The quantitative estimate of drug-likeness (QED) is 0.629.